The highest BCUT2D eigenvalue weighted by atomic mass is 16.5. The maximum Gasteiger partial charge on any atom is 0.0547 e. The van der Waals surface area contributed by atoms with Crippen LogP contribution in [0.2, 0.25) is 0 Å². The fraction of sp³-hybridized carbons (Fsp3) is 1.00. The Labute approximate surface area is 132 Å². The smallest absolute Gasteiger partial charge is 0.0547 e. The number of nitrogens with one attached hydrogen (secondary N) is 1. The Hall–Kier alpha value is -0.120. The minimum Gasteiger partial charge on any atom is -0.381 e. The van der Waals surface area contributed by atoms with Gasteiger partial charge in [0, 0.05) is 31.2 Å². The van der Waals surface area contributed by atoms with E-state index in [0.29, 0.717) is 11.5 Å². The van der Waals surface area contributed by atoms with E-state index in [-0.39, 0.29) is 0 Å². The molecule has 0 bridgehead atoms. The Bertz CT molecular complexity index is 260. The zero-order valence-corrected chi connectivity index (χ0v) is 15.1. The summed E-state index contributed by atoms with van der Waals surface area (Å²) in [6.45, 7) is 18.0. The Kier molecular flexibility index (Phi) is 8.84. The van der Waals surface area contributed by atoms with Crippen LogP contribution in [0, 0.1) is 11.3 Å². The summed E-state index contributed by atoms with van der Waals surface area (Å²) in [7, 11) is 0. The Morgan fingerprint density at radius 1 is 1.19 bits per heavy atom. The molecule has 0 aromatic carbocycles. The van der Waals surface area contributed by atoms with E-state index < -0.39 is 0 Å². The third kappa shape index (κ3) is 7.12. The highest BCUT2D eigenvalue weighted by Gasteiger charge is 2.36. The van der Waals surface area contributed by atoms with E-state index in [9.17, 15) is 0 Å². The largest absolute Gasteiger partial charge is 0.381 e. The van der Waals surface area contributed by atoms with Crippen molar-refractivity contribution < 1.29 is 4.74 Å². The molecular formula is C18H38N2O. The standard InChI is InChI=1S/C18H38N2O/c1-6-7-8-10-20(17(4)5)14-18(9-11-21-15-18)13-19-12-16(2)3/h16-17,19H,6-15H2,1-5H3. The molecule has 0 aromatic rings. The minimum absolute atomic E-state index is 0.325. The molecule has 0 amide bonds. The second kappa shape index (κ2) is 9.81. The molecule has 0 aromatic heterocycles. The molecule has 3 heteroatoms. The van der Waals surface area contributed by atoms with Gasteiger partial charge in [-0.05, 0) is 45.7 Å². The average molecular weight is 299 g/mol. The highest BCUT2D eigenvalue weighted by molar-refractivity contribution is 4.89. The van der Waals surface area contributed by atoms with Gasteiger partial charge in [0.2, 0.25) is 0 Å². The summed E-state index contributed by atoms with van der Waals surface area (Å²) in [4.78, 5) is 2.67. The van der Waals surface area contributed by atoms with Crippen LogP contribution in [0.5, 0.6) is 0 Å². The average Bonchev–Trinajstić information content (AvgIpc) is 2.86. The molecule has 21 heavy (non-hydrogen) atoms. The molecule has 1 unspecified atom stereocenters. The van der Waals surface area contributed by atoms with E-state index in [1.807, 2.05) is 0 Å². The normalized spacial score (nSPS) is 22.9. The molecule has 1 heterocycles. The molecule has 0 spiro atoms. The SMILES string of the molecule is CCCCCN(CC1(CNCC(C)C)CCOC1)C(C)C. The van der Waals surface area contributed by atoms with Crippen molar-refractivity contribution in [2.24, 2.45) is 11.3 Å². The lowest BCUT2D eigenvalue weighted by Crippen LogP contribution is -2.47. The zero-order valence-electron chi connectivity index (χ0n) is 15.1. The van der Waals surface area contributed by atoms with Gasteiger partial charge in [0.25, 0.3) is 0 Å². The van der Waals surface area contributed by atoms with Crippen LogP contribution in [0.3, 0.4) is 0 Å². The third-order valence-electron chi connectivity index (χ3n) is 4.56. The Balaban J connectivity index is 2.52. The molecule has 1 saturated heterocycles. The molecule has 1 aliphatic rings. The van der Waals surface area contributed by atoms with Crippen molar-refractivity contribution in [3.8, 4) is 0 Å². The van der Waals surface area contributed by atoms with Gasteiger partial charge in [-0.25, -0.2) is 0 Å². The number of unbranched alkanes of at least 4 members (excludes halogenated alkanes) is 2. The fourth-order valence-electron chi connectivity index (χ4n) is 3.11. The first-order valence-corrected chi connectivity index (χ1v) is 9.01. The van der Waals surface area contributed by atoms with E-state index >= 15 is 0 Å². The summed E-state index contributed by atoms with van der Waals surface area (Å²) in [5, 5.41) is 3.67. The molecule has 1 atom stereocenters. The van der Waals surface area contributed by atoms with Crippen LogP contribution < -0.4 is 5.32 Å². The van der Waals surface area contributed by atoms with E-state index in [1.54, 1.807) is 0 Å². The van der Waals surface area contributed by atoms with Crippen molar-refractivity contribution in [1.29, 1.82) is 0 Å². The van der Waals surface area contributed by atoms with Gasteiger partial charge < -0.3 is 15.0 Å². The molecule has 1 N–H and O–H groups in total. The number of hydrogen-bond acceptors (Lipinski definition) is 3. The van der Waals surface area contributed by atoms with E-state index in [2.05, 4.69) is 44.8 Å². The van der Waals surface area contributed by atoms with Crippen molar-refractivity contribution in [3.05, 3.63) is 0 Å². The molecule has 0 radical (unpaired) electrons. The number of hydrogen-bond donors (Lipinski definition) is 1. The van der Waals surface area contributed by atoms with Crippen molar-refractivity contribution in [3.63, 3.8) is 0 Å². The zero-order chi connectivity index (χ0) is 15.7. The molecule has 0 aliphatic carbocycles. The van der Waals surface area contributed by atoms with Gasteiger partial charge in [-0.15, -0.1) is 0 Å². The maximum atomic E-state index is 5.76. The fourth-order valence-corrected chi connectivity index (χ4v) is 3.11. The summed E-state index contributed by atoms with van der Waals surface area (Å²) in [5.41, 5.74) is 0.325. The van der Waals surface area contributed by atoms with Gasteiger partial charge in [0.05, 0.1) is 6.61 Å². The summed E-state index contributed by atoms with van der Waals surface area (Å²) < 4.78 is 5.76. The third-order valence-corrected chi connectivity index (χ3v) is 4.56. The summed E-state index contributed by atoms with van der Waals surface area (Å²) in [6.07, 6.45) is 5.18. The summed E-state index contributed by atoms with van der Waals surface area (Å²) in [5.74, 6) is 0.718. The molecule has 1 fully saturated rings. The Morgan fingerprint density at radius 3 is 2.48 bits per heavy atom. The first kappa shape index (κ1) is 18.9. The predicted molar refractivity (Wildman–Crippen MR) is 91.8 cm³/mol. The highest BCUT2D eigenvalue weighted by Crippen LogP contribution is 2.30. The second-order valence-corrected chi connectivity index (χ2v) is 7.60. The topological polar surface area (TPSA) is 24.5 Å². The summed E-state index contributed by atoms with van der Waals surface area (Å²) >= 11 is 0. The van der Waals surface area contributed by atoms with Crippen LogP contribution in [-0.4, -0.2) is 50.3 Å². The van der Waals surface area contributed by atoms with Crippen molar-refractivity contribution >= 4 is 0 Å². The van der Waals surface area contributed by atoms with Crippen molar-refractivity contribution in [2.45, 2.75) is 66.3 Å². The van der Waals surface area contributed by atoms with Gasteiger partial charge in [-0.3, -0.25) is 0 Å². The van der Waals surface area contributed by atoms with Gasteiger partial charge in [-0.2, -0.15) is 0 Å². The summed E-state index contributed by atoms with van der Waals surface area (Å²) in [6, 6.07) is 0.629. The number of rotatable bonds is 11. The lowest BCUT2D eigenvalue weighted by molar-refractivity contribution is 0.0911. The van der Waals surface area contributed by atoms with E-state index in [0.717, 1.165) is 32.2 Å². The second-order valence-electron chi connectivity index (χ2n) is 7.60. The lowest BCUT2D eigenvalue weighted by atomic mass is 9.85. The number of ether oxygens (including phenoxy) is 1. The van der Waals surface area contributed by atoms with Crippen LogP contribution in [0.1, 0.15) is 60.3 Å². The predicted octanol–water partition coefficient (Wildman–Crippen LogP) is 3.54. The molecule has 126 valence electrons. The van der Waals surface area contributed by atoms with Crippen LogP contribution in [0.25, 0.3) is 0 Å². The molecule has 0 saturated carbocycles. The van der Waals surface area contributed by atoms with Crippen LogP contribution >= 0.6 is 0 Å². The first-order valence-electron chi connectivity index (χ1n) is 9.01. The maximum absolute atomic E-state index is 5.76. The molecular weight excluding hydrogens is 260 g/mol. The lowest BCUT2D eigenvalue weighted by Gasteiger charge is -2.37. The van der Waals surface area contributed by atoms with Crippen LogP contribution in [0.4, 0.5) is 0 Å². The van der Waals surface area contributed by atoms with E-state index in [1.165, 1.54) is 38.8 Å². The molecule has 3 nitrogen and oxygen atoms in total. The van der Waals surface area contributed by atoms with Gasteiger partial charge in [-0.1, -0.05) is 33.6 Å². The van der Waals surface area contributed by atoms with Gasteiger partial charge in [0.15, 0.2) is 0 Å². The quantitative estimate of drug-likeness (QED) is 0.591. The first-order chi connectivity index (χ1) is 9.99. The van der Waals surface area contributed by atoms with Crippen LogP contribution in [0.15, 0.2) is 0 Å². The Morgan fingerprint density at radius 2 is 1.95 bits per heavy atom. The monoisotopic (exact) mass is 298 g/mol. The van der Waals surface area contributed by atoms with Crippen LogP contribution in [-0.2, 0) is 4.74 Å². The minimum atomic E-state index is 0.325. The van der Waals surface area contributed by atoms with Crippen molar-refractivity contribution in [2.75, 3.05) is 39.4 Å². The number of nitrogens with zero attached hydrogens (tertiary/aromatic N) is 1. The van der Waals surface area contributed by atoms with Gasteiger partial charge >= 0.3 is 0 Å². The molecule has 1 rings (SSSR count). The van der Waals surface area contributed by atoms with E-state index in [4.69, 9.17) is 4.74 Å². The van der Waals surface area contributed by atoms with Gasteiger partial charge in [0.1, 0.15) is 0 Å². The molecule has 1 aliphatic heterocycles. The van der Waals surface area contributed by atoms with Crippen molar-refractivity contribution in [1.82, 2.24) is 10.2 Å².